The topological polar surface area (TPSA) is 111 Å². The van der Waals surface area contributed by atoms with Crippen molar-refractivity contribution in [1.82, 2.24) is 14.9 Å². The number of carbonyl (C=O) groups excluding carboxylic acids is 1. The molecule has 2 aromatic rings. The molecule has 2 unspecified atom stereocenters. The van der Waals surface area contributed by atoms with Crippen LogP contribution in [-0.2, 0) is 19.6 Å². The van der Waals surface area contributed by atoms with E-state index in [-0.39, 0.29) is 51.9 Å². The molecule has 1 saturated heterocycles. The first-order chi connectivity index (χ1) is 22.8. The lowest BCUT2D eigenvalue weighted by Crippen LogP contribution is -2.50. The molecular formula is C38H50N4O5S. The molecule has 1 aromatic carbocycles. The average Bonchev–Trinajstić information content (AvgIpc) is 3.03. The minimum atomic E-state index is -4.04. The molecule has 5 rings (SSSR count). The summed E-state index contributed by atoms with van der Waals surface area (Å²) in [6, 6.07) is 8.92. The molecule has 0 radical (unpaired) electrons. The van der Waals surface area contributed by atoms with Crippen LogP contribution in [0.3, 0.4) is 0 Å². The number of likely N-dealkylation sites (tertiary alicyclic amines) is 1. The van der Waals surface area contributed by atoms with E-state index in [2.05, 4.69) is 41.4 Å². The van der Waals surface area contributed by atoms with Gasteiger partial charge in [0.15, 0.2) is 0 Å². The van der Waals surface area contributed by atoms with Crippen LogP contribution in [0.2, 0.25) is 0 Å². The van der Waals surface area contributed by atoms with Crippen molar-refractivity contribution in [2.45, 2.75) is 90.1 Å². The fourth-order valence-electron chi connectivity index (χ4n) is 7.51. The zero-order valence-corrected chi connectivity index (χ0v) is 30.2. The van der Waals surface area contributed by atoms with Crippen LogP contribution in [0, 0.1) is 36.0 Å². The van der Waals surface area contributed by atoms with Crippen LogP contribution in [-0.4, -0.2) is 61.6 Å². The molecular weight excluding hydrogens is 625 g/mol. The third-order valence-corrected chi connectivity index (χ3v) is 11.9. The van der Waals surface area contributed by atoms with Gasteiger partial charge in [-0.3, -0.25) is 4.79 Å². The van der Waals surface area contributed by atoms with Gasteiger partial charge < -0.3 is 14.4 Å². The molecule has 3 aliphatic rings. The number of piperidine rings is 1. The van der Waals surface area contributed by atoms with Crippen LogP contribution in [0.25, 0.3) is 5.57 Å². The lowest BCUT2D eigenvalue weighted by atomic mass is 9.61. The van der Waals surface area contributed by atoms with Crippen LogP contribution < -0.4 is 9.46 Å². The highest BCUT2D eigenvalue weighted by Gasteiger charge is 2.45. The molecule has 2 atom stereocenters. The van der Waals surface area contributed by atoms with E-state index in [9.17, 15) is 13.2 Å². The van der Waals surface area contributed by atoms with Crippen molar-refractivity contribution < 1.29 is 22.7 Å². The highest BCUT2D eigenvalue weighted by molar-refractivity contribution is 7.92. The normalized spacial score (nSPS) is 25.6. The molecule has 48 heavy (non-hydrogen) atoms. The van der Waals surface area contributed by atoms with Crippen LogP contribution in [0.1, 0.15) is 90.8 Å². The smallest absolute Gasteiger partial charge is 0.264 e. The molecule has 4 bridgehead atoms. The fraction of sp³-hybridized carbons (Fsp3) is 0.553. The van der Waals surface area contributed by atoms with Gasteiger partial charge in [0.25, 0.3) is 10.0 Å². The van der Waals surface area contributed by atoms with Crippen LogP contribution in [0.4, 0.5) is 5.95 Å². The van der Waals surface area contributed by atoms with E-state index in [1.807, 2.05) is 37.8 Å². The van der Waals surface area contributed by atoms with E-state index in [1.165, 1.54) is 0 Å². The summed E-state index contributed by atoms with van der Waals surface area (Å²) in [5, 5.41) is 0. The molecule has 1 N–H and O–H groups in total. The number of amides is 1. The Bertz CT molecular complexity index is 1730. The van der Waals surface area contributed by atoms with Crippen molar-refractivity contribution in [3.63, 3.8) is 0 Å². The van der Waals surface area contributed by atoms with Crippen molar-refractivity contribution in [3.8, 4) is 18.2 Å². The van der Waals surface area contributed by atoms with Gasteiger partial charge in [0.05, 0.1) is 22.8 Å². The number of allylic oxidation sites excluding steroid dienone is 4. The van der Waals surface area contributed by atoms with Crippen LogP contribution in [0.5, 0.6) is 5.88 Å². The number of nitrogens with zero attached hydrogens (tertiary/aromatic N) is 3. The first kappa shape index (κ1) is 35.6. The first-order valence-electron chi connectivity index (χ1n) is 17.1. The monoisotopic (exact) mass is 674 g/mol. The number of hydrogen-bond acceptors (Lipinski definition) is 7. The molecule has 10 heteroatoms. The van der Waals surface area contributed by atoms with Crippen molar-refractivity contribution in [1.29, 1.82) is 0 Å². The van der Waals surface area contributed by atoms with Gasteiger partial charge in [0, 0.05) is 49.2 Å². The molecule has 9 nitrogen and oxygen atoms in total. The summed E-state index contributed by atoms with van der Waals surface area (Å²) >= 11 is 0. The van der Waals surface area contributed by atoms with Crippen LogP contribution in [0.15, 0.2) is 52.4 Å². The molecule has 2 aliphatic heterocycles. The maximum atomic E-state index is 13.8. The molecule has 2 fully saturated rings. The van der Waals surface area contributed by atoms with Gasteiger partial charge in [-0.2, -0.15) is 4.98 Å². The number of nitrogens with one attached hydrogen (secondary N) is 1. The Balaban J connectivity index is 1.50. The minimum absolute atomic E-state index is 0.00523. The zero-order chi connectivity index (χ0) is 34.8. The molecule has 1 saturated carbocycles. The Morgan fingerprint density at radius 1 is 1.21 bits per heavy atom. The SMILES string of the molecule is C#C/C(C)=C(\C(C)=C/C)c1cc2nc(n1)NS(=O)(=O)c1cccc(c1)C(C1CC(C(=O)N3CCC(C)(OC)CC3)C1)C(CC(C)C)CO2. The third-order valence-electron chi connectivity index (χ3n) is 10.5. The number of sulfonamides is 1. The zero-order valence-electron chi connectivity index (χ0n) is 29.4. The predicted octanol–water partition coefficient (Wildman–Crippen LogP) is 6.84. The highest BCUT2D eigenvalue weighted by Crippen LogP contribution is 2.49. The average molecular weight is 675 g/mol. The summed E-state index contributed by atoms with van der Waals surface area (Å²) < 4.78 is 42.4. The van der Waals surface area contributed by atoms with E-state index < -0.39 is 10.0 Å². The predicted molar refractivity (Wildman–Crippen MR) is 189 cm³/mol. The van der Waals surface area contributed by atoms with Gasteiger partial charge in [0.2, 0.25) is 17.7 Å². The summed E-state index contributed by atoms with van der Waals surface area (Å²) in [6.07, 6.45) is 11.8. The third kappa shape index (κ3) is 7.63. The van der Waals surface area contributed by atoms with E-state index in [1.54, 1.807) is 31.4 Å². The number of fused-ring (bicyclic) bond motifs is 4. The fourth-order valence-corrected chi connectivity index (χ4v) is 8.51. The second-order valence-electron chi connectivity index (χ2n) is 14.3. The Morgan fingerprint density at radius 3 is 2.54 bits per heavy atom. The molecule has 0 spiro atoms. The van der Waals surface area contributed by atoms with Gasteiger partial charge >= 0.3 is 0 Å². The number of terminal acetylenes is 1. The van der Waals surface area contributed by atoms with Gasteiger partial charge in [-0.1, -0.05) is 38.0 Å². The Kier molecular flexibility index (Phi) is 10.7. The van der Waals surface area contributed by atoms with Crippen molar-refractivity contribution in [2.75, 3.05) is 31.5 Å². The molecule has 1 aliphatic carbocycles. The maximum Gasteiger partial charge on any atom is 0.264 e. The number of ether oxygens (including phenoxy) is 2. The molecule has 1 aromatic heterocycles. The first-order valence-corrected chi connectivity index (χ1v) is 18.6. The van der Waals surface area contributed by atoms with E-state index in [4.69, 9.17) is 15.9 Å². The lowest BCUT2D eigenvalue weighted by Gasteiger charge is -2.46. The summed E-state index contributed by atoms with van der Waals surface area (Å²) in [5.41, 5.74) is 3.55. The van der Waals surface area contributed by atoms with E-state index >= 15 is 0 Å². The summed E-state index contributed by atoms with van der Waals surface area (Å²) in [6.45, 7) is 14.0. The molecule has 3 heterocycles. The highest BCUT2D eigenvalue weighted by atomic mass is 32.2. The lowest BCUT2D eigenvalue weighted by molar-refractivity contribution is -0.145. The quantitative estimate of drug-likeness (QED) is 0.253. The largest absolute Gasteiger partial charge is 0.477 e. The number of anilines is 1. The maximum absolute atomic E-state index is 13.8. The van der Waals surface area contributed by atoms with Gasteiger partial charge in [-0.05, 0) is 101 Å². The van der Waals surface area contributed by atoms with E-state index in [0.717, 1.165) is 48.8 Å². The molecule has 1 amide bonds. The second kappa shape index (κ2) is 14.4. The number of aromatic nitrogens is 2. The van der Waals surface area contributed by atoms with Crippen molar-refractivity contribution >= 4 is 27.5 Å². The summed E-state index contributed by atoms with van der Waals surface area (Å²) in [7, 11) is -2.30. The second-order valence-corrected chi connectivity index (χ2v) is 16.0. The van der Waals surface area contributed by atoms with Gasteiger partial charge in [-0.15, -0.1) is 6.42 Å². The standard InChI is InChI=1S/C38H50N4O5S/c1-9-25(5)34(26(6)10-2)32-22-33-40-37(39-32)41-48(44,45)31-13-11-12-27(21-31)35(30(23-47-33)18-24(3)4)28-19-29(20-28)36(43)42-16-14-38(7,46-8)15-17-42/h1,10-13,21-22,24,28-30,35H,14-20,23H2,2-8H3,(H,39,40,41)/b26-10-,34-25+. The van der Waals surface area contributed by atoms with Crippen molar-refractivity contribution in [2.24, 2.45) is 23.7 Å². The van der Waals surface area contributed by atoms with Crippen molar-refractivity contribution in [3.05, 3.63) is 58.8 Å². The number of hydrogen-bond donors (Lipinski definition) is 1. The van der Waals surface area contributed by atoms with Crippen LogP contribution >= 0.6 is 0 Å². The number of carbonyl (C=O) groups is 1. The number of rotatable bonds is 7. The molecule has 258 valence electrons. The Morgan fingerprint density at radius 2 is 1.92 bits per heavy atom. The Labute approximate surface area is 286 Å². The Hall–Kier alpha value is -3.68. The number of benzene rings is 1. The van der Waals surface area contributed by atoms with Gasteiger partial charge in [-0.25, -0.2) is 18.1 Å². The minimum Gasteiger partial charge on any atom is -0.477 e. The van der Waals surface area contributed by atoms with Gasteiger partial charge in [0.1, 0.15) is 0 Å². The number of methoxy groups -OCH3 is 1. The summed E-state index contributed by atoms with van der Waals surface area (Å²) in [5.74, 6) is 3.70. The van der Waals surface area contributed by atoms with E-state index in [0.29, 0.717) is 36.9 Å². The summed E-state index contributed by atoms with van der Waals surface area (Å²) in [4.78, 5) is 24.8.